The highest BCUT2D eigenvalue weighted by atomic mass is 16.6. The third kappa shape index (κ3) is 2.99. The van der Waals surface area contributed by atoms with Crippen molar-refractivity contribution < 1.29 is 19.4 Å². The summed E-state index contributed by atoms with van der Waals surface area (Å²) in [6.07, 6.45) is 0.162. The van der Waals surface area contributed by atoms with Gasteiger partial charge in [0.25, 0.3) is 5.91 Å². The smallest absolute Gasteiger partial charge is 0.417 e. The summed E-state index contributed by atoms with van der Waals surface area (Å²) in [6.45, 7) is 2.11. The lowest BCUT2D eigenvalue weighted by molar-refractivity contribution is -0.138. The van der Waals surface area contributed by atoms with Crippen LogP contribution in [0, 0.1) is 0 Å². The van der Waals surface area contributed by atoms with Crippen molar-refractivity contribution in [3.8, 4) is 0 Å². The van der Waals surface area contributed by atoms with Crippen LogP contribution in [-0.2, 0) is 9.53 Å². The van der Waals surface area contributed by atoms with E-state index >= 15 is 0 Å². The molecule has 2 rings (SSSR count). The van der Waals surface area contributed by atoms with Crippen LogP contribution in [0.25, 0.3) is 0 Å². The number of aliphatic hydroxyl groups excluding tert-OH is 1. The highest BCUT2D eigenvalue weighted by Crippen LogP contribution is 2.28. The Balaban J connectivity index is 2.14. The number of carbonyl (C=O) groups is 2. The summed E-state index contributed by atoms with van der Waals surface area (Å²) in [5.74, 6) is -0.574. The second-order valence-corrected chi connectivity index (χ2v) is 4.87. The normalized spacial score (nSPS) is 19.8. The topological polar surface area (TPSA) is 66.8 Å². The van der Waals surface area contributed by atoms with Gasteiger partial charge in [-0.2, -0.15) is 0 Å². The molecule has 1 aliphatic rings. The summed E-state index contributed by atoms with van der Waals surface area (Å²) < 4.78 is 4.96. The van der Waals surface area contributed by atoms with E-state index in [1.807, 2.05) is 37.3 Å². The Morgan fingerprint density at radius 3 is 2.80 bits per heavy atom. The van der Waals surface area contributed by atoms with Crippen molar-refractivity contribution in [3.63, 3.8) is 0 Å². The number of rotatable bonds is 5. The average molecular weight is 277 g/mol. The first kappa shape index (κ1) is 14.5. The average Bonchev–Trinajstić information content (AvgIpc) is 2.86. The Bertz CT molecular complexity index is 474. The van der Waals surface area contributed by atoms with Gasteiger partial charge in [-0.3, -0.25) is 4.79 Å². The highest BCUT2D eigenvalue weighted by Gasteiger charge is 2.40. The fourth-order valence-electron chi connectivity index (χ4n) is 2.27. The van der Waals surface area contributed by atoms with Gasteiger partial charge in [0.1, 0.15) is 18.8 Å². The van der Waals surface area contributed by atoms with E-state index in [0.717, 1.165) is 23.3 Å². The fourth-order valence-corrected chi connectivity index (χ4v) is 2.27. The highest BCUT2D eigenvalue weighted by molar-refractivity contribution is 5.95. The molecular weight excluding hydrogens is 258 g/mol. The number of nitrogens with zero attached hydrogens (tertiary/aromatic N) is 1. The quantitative estimate of drug-likeness (QED) is 0.896. The van der Waals surface area contributed by atoms with E-state index in [2.05, 4.69) is 0 Å². The van der Waals surface area contributed by atoms with Gasteiger partial charge in [-0.05, 0) is 12.0 Å². The van der Waals surface area contributed by atoms with Crippen molar-refractivity contribution in [1.82, 2.24) is 4.90 Å². The summed E-state index contributed by atoms with van der Waals surface area (Å²) in [5, 5.41) is 9.89. The van der Waals surface area contributed by atoms with Crippen molar-refractivity contribution in [2.45, 2.75) is 38.3 Å². The van der Waals surface area contributed by atoms with Gasteiger partial charge in [0.2, 0.25) is 0 Å². The molecule has 5 heteroatoms. The molecule has 0 spiro atoms. The van der Waals surface area contributed by atoms with Crippen molar-refractivity contribution in [2.24, 2.45) is 0 Å². The number of aliphatic hydroxyl groups is 1. The van der Waals surface area contributed by atoms with Gasteiger partial charge in [-0.25, -0.2) is 9.69 Å². The third-order valence-corrected chi connectivity index (χ3v) is 3.41. The Morgan fingerprint density at radius 2 is 2.15 bits per heavy atom. The van der Waals surface area contributed by atoms with Crippen molar-refractivity contribution >= 4 is 12.0 Å². The van der Waals surface area contributed by atoms with E-state index in [-0.39, 0.29) is 6.61 Å². The molecule has 0 radical (unpaired) electrons. The Kier molecular flexibility index (Phi) is 4.74. The number of hydrogen-bond donors (Lipinski definition) is 1. The summed E-state index contributed by atoms with van der Waals surface area (Å²) in [5.41, 5.74) is 0.828. The molecule has 2 atom stereocenters. The molecule has 1 aromatic rings. The van der Waals surface area contributed by atoms with Crippen LogP contribution in [0.3, 0.4) is 0 Å². The molecule has 20 heavy (non-hydrogen) atoms. The molecule has 1 heterocycles. The van der Waals surface area contributed by atoms with Gasteiger partial charge >= 0.3 is 6.09 Å². The molecule has 0 saturated carbocycles. The molecule has 108 valence electrons. The lowest BCUT2D eigenvalue weighted by Crippen LogP contribution is -2.41. The fraction of sp³-hybridized carbons (Fsp3) is 0.467. The summed E-state index contributed by atoms with van der Waals surface area (Å²) in [6, 6.07) is 8.77. The number of carbonyl (C=O) groups excluding carboxylic acids is 2. The zero-order chi connectivity index (χ0) is 14.5. The van der Waals surface area contributed by atoms with Crippen LogP contribution in [-0.4, -0.2) is 34.7 Å². The predicted octanol–water partition coefficient (Wildman–Crippen LogP) is 2.26. The molecule has 1 fully saturated rings. The maximum atomic E-state index is 12.2. The van der Waals surface area contributed by atoms with Gasteiger partial charge < -0.3 is 9.84 Å². The summed E-state index contributed by atoms with van der Waals surface area (Å²) in [7, 11) is 0. The van der Waals surface area contributed by atoms with Crippen LogP contribution in [0.1, 0.15) is 37.8 Å². The number of cyclic esters (lactones) is 1. The molecule has 0 aromatic heterocycles. The summed E-state index contributed by atoms with van der Waals surface area (Å²) in [4.78, 5) is 25.0. The number of hydrogen-bond acceptors (Lipinski definition) is 4. The molecule has 1 saturated heterocycles. The monoisotopic (exact) mass is 277 g/mol. The zero-order valence-electron chi connectivity index (χ0n) is 11.5. The second-order valence-electron chi connectivity index (χ2n) is 4.87. The number of unbranched alkanes of at least 4 members (excludes halogenated alkanes) is 1. The number of benzene rings is 1. The van der Waals surface area contributed by atoms with Crippen molar-refractivity contribution in [2.75, 3.05) is 6.61 Å². The summed E-state index contributed by atoms with van der Waals surface area (Å²) >= 11 is 0. The van der Waals surface area contributed by atoms with Crippen molar-refractivity contribution in [3.05, 3.63) is 35.9 Å². The van der Waals surface area contributed by atoms with Crippen LogP contribution >= 0.6 is 0 Å². The zero-order valence-corrected chi connectivity index (χ0v) is 11.5. The standard InChI is InChI=1S/C15H19NO4/c1-2-3-9-13(17)14(18)16-12(10-20-15(16)19)11-7-5-4-6-8-11/h4-8,12-13,17H,2-3,9-10H2,1H3/t12-,13+/m0/s1. The molecule has 0 bridgehead atoms. The van der Waals surface area contributed by atoms with Gasteiger partial charge in [-0.15, -0.1) is 0 Å². The predicted molar refractivity (Wildman–Crippen MR) is 72.9 cm³/mol. The number of ether oxygens (including phenoxy) is 1. The third-order valence-electron chi connectivity index (χ3n) is 3.41. The van der Waals surface area contributed by atoms with Gasteiger partial charge in [0.15, 0.2) is 0 Å². The molecule has 1 aliphatic heterocycles. The first-order chi connectivity index (χ1) is 9.65. The minimum absolute atomic E-state index is 0.134. The minimum atomic E-state index is -1.15. The maximum absolute atomic E-state index is 12.2. The van der Waals surface area contributed by atoms with Crippen LogP contribution in [0.15, 0.2) is 30.3 Å². The van der Waals surface area contributed by atoms with E-state index in [1.54, 1.807) is 0 Å². The lowest BCUT2D eigenvalue weighted by Gasteiger charge is -2.22. The van der Waals surface area contributed by atoms with E-state index in [4.69, 9.17) is 4.74 Å². The molecule has 0 aliphatic carbocycles. The van der Waals surface area contributed by atoms with Crippen LogP contribution in [0.5, 0.6) is 0 Å². The minimum Gasteiger partial charge on any atom is -0.446 e. The first-order valence-corrected chi connectivity index (χ1v) is 6.88. The molecule has 1 aromatic carbocycles. The van der Waals surface area contributed by atoms with Gasteiger partial charge in [0, 0.05) is 0 Å². The molecule has 1 N–H and O–H groups in total. The Morgan fingerprint density at radius 1 is 1.45 bits per heavy atom. The van der Waals surface area contributed by atoms with E-state index in [9.17, 15) is 14.7 Å². The first-order valence-electron chi connectivity index (χ1n) is 6.88. The molecule has 5 nitrogen and oxygen atoms in total. The van der Waals surface area contributed by atoms with E-state index in [0.29, 0.717) is 6.42 Å². The molecule has 2 amide bonds. The maximum Gasteiger partial charge on any atom is 0.417 e. The number of amides is 2. The largest absolute Gasteiger partial charge is 0.446 e. The second kappa shape index (κ2) is 6.52. The van der Waals surface area contributed by atoms with E-state index in [1.165, 1.54) is 0 Å². The Labute approximate surface area is 118 Å². The number of imide groups is 1. The molecular formula is C15H19NO4. The molecule has 0 unspecified atom stereocenters. The van der Waals surface area contributed by atoms with E-state index < -0.39 is 24.1 Å². The van der Waals surface area contributed by atoms with Crippen LogP contribution in [0.4, 0.5) is 4.79 Å². The lowest BCUT2D eigenvalue weighted by atomic mass is 10.1. The SMILES string of the molecule is CCCC[C@@H](O)C(=O)N1C(=O)OC[C@H]1c1ccccc1. The van der Waals surface area contributed by atoms with Gasteiger partial charge in [-0.1, -0.05) is 50.1 Å². The van der Waals surface area contributed by atoms with Crippen molar-refractivity contribution in [1.29, 1.82) is 0 Å². The van der Waals surface area contributed by atoms with Gasteiger partial charge in [0.05, 0.1) is 0 Å². The Hall–Kier alpha value is -1.88. The van der Waals surface area contributed by atoms with Crippen LogP contribution in [0.2, 0.25) is 0 Å². The van der Waals surface area contributed by atoms with Crippen LogP contribution < -0.4 is 0 Å².